The molecule has 0 amide bonds. The maximum Gasteiger partial charge on any atom is 0.260 e. The molecule has 2 aromatic heterocycles. The minimum absolute atomic E-state index is 0.0552. The highest BCUT2D eigenvalue weighted by Gasteiger charge is 2.26. The molecule has 7 nitrogen and oxygen atoms in total. The fraction of sp³-hybridized carbons (Fsp3) is 0.400. The summed E-state index contributed by atoms with van der Waals surface area (Å²) in [7, 11) is -2.09. The summed E-state index contributed by atoms with van der Waals surface area (Å²) >= 11 is 1.43. The van der Waals surface area contributed by atoms with Gasteiger partial charge >= 0.3 is 0 Å². The van der Waals surface area contributed by atoms with Gasteiger partial charge in [-0.15, -0.1) is 11.3 Å². The normalized spacial score (nSPS) is 12.2. The van der Waals surface area contributed by atoms with Gasteiger partial charge in [0, 0.05) is 30.6 Å². The van der Waals surface area contributed by atoms with Gasteiger partial charge in [0.1, 0.15) is 0 Å². The van der Waals surface area contributed by atoms with Crippen molar-refractivity contribution < 1.29 is 8.42 Å². The van der Waals surface area contributed by atoms with Crippen LogP contribution in [0.1, 0.15) is 16.1 Å². The molecule has 2 aromatic rings. The Morgan fingerprint density at radius 1 is 1.53 bits per heavy atom. The number of hydrogen-bond acceptors (Lipinski definition) is 6. The first-order valence-corrected chi connectivity index (χ1v) is 7.86. The summed E-state index contributed by atoms with van der Waals surface area (Å²) in [6, 6.07) is 0. The van der Waals surface area contributed by atoms with Crippen LogP contribution in [-0.4, -0.2) is 35.0 Å². The lowest BCUT2D eigenvalue weighted by Crippen LogP contribution is -2.27. The number of H-pyrrole nitrogens is 1. The molecule has 0 radical (unpaired) electrons. The third-order valence-corrected chi connectivity index (χ3v) is 5.52. The second-order valence-electron chi connectivity index (χ2n) is 4.05. The second-order valence-corrected chi connectivity index (χ2v) is 6.97. The van der Waals surface area contributed by atoms with Crippen molar-refractivity contribution in [3.05, 3.63) is 27.8 Å². The van der Waals surface area contributed by atoms with Crippen LogP contribution in [0.15, 0.2) is 16.7 Å². The van der Waals surface area contributed by atoms with Crippen molar-refractivity contribution in [2.45, 2.75) is 25.0 Å². The highest BCUT2D eigenvalue weighted by molar-refractivity contribution is 7.89. The number of rotatable bonds is 5. The van der Waals surface area contributed by atoms with Crippen LogP contribution in [0.4, 0.5) is 0 Å². The molecule has 0 aliphatic heterocycles. The molecule has 104 valence electrons. The first-order chi connectivity index (χ1) is 8.96. The van der Waals surface area contributed by atoms with Crippen molar-refractivity contribution in [2.24, 2.45) is 5.73 Å². The molecular weight excluding hydrogens is 286 g/mol. The van der Waals surface area contributed by atoms with Crippen molar-refractivity contribution in [2.75, 3.05) is 7.05 Å². The summed E-state index contributed by atoms with van der Waals surface area (Å²) in [5.41, 5.74) is 8.52. The van der Waals surface area contributed by atoms with Gasteiger partial charge in [0.05, 0.1) is 17.4 Å². The zero-order chi connectivity index (χ0) is 14.0. The lowest BCUT2D eigenvalue weighted by molar-refractivity contribution is 0.464. The number of nitrogens with two attached hydrogens (primary N) is 1. The van der Waals surface area contributed by atoms with Crippen molar-refractivity contribution in [1.29, 1.82) is 0 Å². The van der Waals surface area contributed by atoms with E-state index >= 15 is 0 Å². The summed E-state index contributed by atoms with van der Waals surface area (Å²) in [5.74, 6) is 0. The van der Waals surface area contributed by atoms with Crippen molar-refractivity contribution >= 4 is 21.4 Å². The molecule has 0 saturated heterocycles. The number of nitrogens with zero attached hydrogens (tertiary/aromatic N) is 3. The standard InChI is InChI=1S/C10H15N5O2S2/c1-7-9(18-6-12-7)5-15(2)19(16,17)10-8(3-11)4-13-14-10/h4,6H,3,5,11H2,1-2H3,(H,13,14). The second kappa shape index (κ2) is 5.37. The SMILES string of the molecule is Cc1ncsc1CN(C)S(=O)(=O)c1[nH]ncc1CN. The van der Waals surface area contributed by atoms with Crippen LogP contribution >= 0.6 is 11.3 Å². The maximum atomic E-state index is 12.4. The first-order valence-electron chi connectivity index (χ1n) is 5.54. The third-order valence-electron chi connectivity index (χ3n) is 2.78. The van der Waals surface area contributed by atoms with Crippen molar-refractivity contribution in [3.63, 3.8) is 0 Å². The van der Waals surface area contributed by atoms with Crippen LogP contribution in [0.25, 0.3) is 0 Å². The summed E-state index contributed by atoms with van der Waals surface area (Å²) in [6.45, 7) is 2.26. The third kappa shape index (κ3) is 2.68. The highest BCUT2D eigenvalue weighted by atomic mass is 32.2. The van der Waals surface area contributed by atoms with Gasteiger partial charge in [-0.1, -0.05) is 0 Å². The number of sulfonamides is 1. The number of aromatic amines is 1. The van der Waals surface area contributed by atoms with E-state index in [1.807, 2.05) is 6.92 Å². The minimum atomic E-state index is -3.62. The molecule has 0 spiro atoms. The Kier molecular flexibility index (Phi) is 3.99. The zero-order valence-electron chi connectivity index (χ0n) is 10.6. The number of thiazole rings is 1. The van der Waals surface area contributed by atoms with Crippen LogP contribution in [-0.2, 0) is 23.1 Å². The quantitative estimate of drug-likeness (QED) is 0.834. The van der Waals surface area contributed by atoms with Crippen LogP contribution in [0.3, 0.4) is 0 Å². The molecule has 0 aliphatic rings. The molecule has 2 heterocycles. The predicted molar refractivity (Wildman–Crippen MR) is 72.0 cm³/mol. The summed E-state index contributed by atoms with van der Waals surface area (Å²) in [4.78, 5) is 5.02. The molecule has 0 fully saturated rings. The van der Waals surface area contributed by atoms with Gasteiger partial charge in [-0.25, -0.2) is 13.4 Å². The Hall–Kier alpha value is -1.29. The molecule has 19 heavy (non-hydrogen) atoms. The molecule has 0 bridgehead atoms. The summed E-state index contributed by atoms with van der Waals surface area (Å²) in [5, 5.41) is 6.29. The van der Waals surface area contributed by atoms with Gasteiger partial charge in [-0.3, -0.25) is 5.10 Å². The van der Waals surface area contributed by atoms with Gasteiger partial charge < -0.3 is 5.73 Å². The molecule has 0 atom stereocenters. The Balaban J connectivity index is 2.27. The van der Waals surface area contributed by atoms with Gasteiger partial charge in [0.25, 0.3) is 10.0 Å². The molecule has 2 rings (SSSR count). The fourth-order valence-corrected chi connectivity index (χ4v) is 3.75. The van der Waals surface area contributed by atoms with Crippen molar-refractivity contribution in [1.82, 2.24) is 19.5 Å². The summed E-state index contributed by atoms with van der Waals surface area (Å²) < 4.78 is 26.1. The molecule has 0 aliphatic carbocycles. The fourth-order valence-electron chi connectivity index (χ4n) is 1.59. The molecule has 0 saturated carbocycles. The van der Waals surface area contributed by atoms with Gasteiger partial charge in [0.15, 0.2) is 5.03 Å². The average Bonchev–Trinajstić information content (AvgIpc) is 2.98. The van der Waals surface area contributed by atoms with E-state index in [0.717, 1.165) is 10.6 Å². The topological polar surface area (TPSA) is 105 Å². The molecule has 0 unspecified atom stereocenters. The van der Waals surface area contributed by atoms with E-state index in [0.29, 0.717) is 5.56 Å². The Bertz CT molecular complexity index is 661. The lowest BCUT2D eigenvalue weighted by atomic mass is 10.4. The Labute approximate surface area is 115 Å². The average molecular weight is 301 g/mol. The van der Waals surface area contributed by atoms with E-state index in [1.165, 1.54) is 28.9 Å². The summed E-state index contributed by atoms with van der Waals surface area (Å²) in [6.07, 6.45) is 1.43. The molecule has 9 heteroatoms. The largest absolute Gasteiger partial charge is 0.326 e. The van der Waals surface area contributed by atoms with E-state index in [4.69, 9.17) is 5.73 Å². The van der Waals surface area contributed by atoms with E-state index in [1.54, 1.807) is 5.51 Å². The van der Waals surface area contributed by atoms with E-state index in [9.17, 15) is 8.42 Å². The van der Waals surface area contributed by atoms with Gasteiger partial charge in [-0.2, -0.15) is 9.40 Å². The number of hydrogen-bond donors (Lipinski definition) is 2. The zero-order valence-corrected chi connectivity index (χ0v) is 12.3. The van der Waals surface area contributed by atoms with Crippen molar-refractivity contribution in [3.8, 4) is 0 Å². The first kappa shape index (κ1) is 14.1. The van der Waals surface area contributed by atoms with Gasteiger partial charge in [-0.05, 0) is 6.92 Å². The number of aryl methyl sites for hydroxylation is 1. The minimum Gasteiger partial charge on any atom is -0.326 e. The van der Waals surface area contributed by atoms with Gasteiger partial charge in [0.2, 0.25) is 0 Å². The Morgan fingerprint density at radius 2 is 2.26 bits per heavy atom. The monoisotopic (exact) mass is 301 g/mol. The number of aromatic nitrogens is 3. The Morgan fingerprint density at radius 3 is 2.84 bits per heavy atom. The van der Waals surface area contributed by atoms with E-state index in [-0.39, 0.29) is 18.1 Å². The molecule has 0 aromatic carbocycles. The van der Waals surface area contributed by atoms with Crippen LogP contribution < -0.4 is 5.73 Å². The maximum absolute atomic E-state index is 12.4. The van der Waals surface area contributed by atoms with Crippen LogP contribution in [0.5, 0.6) is 0 Å². The predicted octanol–water partition coefficient (Wildman–Crippen LogP) is 0.454. The molecular formula is C10H15N5O2S2. The smallest absolute Gasteiger partial charge is 0.260 e. The lowest BCUT2D eigenvalue weighted by Gasteiger charge is -2.16. The highest BCUT2D eigenvalue weighted by Crippen LogP contribution is 2.20. The van der Waals surface area contributed by atoms with Crippen LogP contribution in [0, 0.1) is 6.92 Å². The van der Waals surface area contributed by atoms with E-state index < -0.39 is 10.0 Å². The number of nitrogens with one attached hydrogen (secondary N) is 1. The molecule has 3 N–H and O–H groups in total. The van der Waals surface area contributed by atoms with Crippen LogP contribution in [0.2, 0.25) is 0 Å². The van der Waals surface area contributed by atoms with E-state index in [2.05, 4.69) is 15.2 Å².